The van der Waals surface area contributed by atoms with Crippen molar-refractivity contribution in [3.8, 4) is 5.75 Å². The number of alkyl halides is 3. The van der Waals surface area contributed by atoms with Gasteiger partial charge in [-0.15, -0.1) is 0 Å². The predicted molar refractivity (Wildman–Crippen MR) is 72.0 cm³/mol. The molecule has 22 heavy (non-hydrogen) atoms. The first kappa shape index (κ1) is 16.1. The number of rotatable bonds is 4. The zero-order valence-electron chi connectivity index (χ0n) is 10.9. The van der Waals surface area contributed by atoms with Crippen molar-refractivity contribution in [2.75, 3.05) is 0 Å². The highest BCUT2D eigenvalue weighted by atomic mass is 35.5. The standard InChI is InChI=1S/C14H9ClF3NO3/c15-8-4-5-12(10(6-8)14(16,17)18)22-7-9-2-1-3-11(19-9)13(20)21/h1-6H,7H2,(H,20,21). The number of benzene rings is 1. The third-order valence-electron chi connectivity index (χ3n) is 2.65. The van der Waals surface area contributed by atoms with E-state index < -0.39 is 23.5 Å². The number of pyridine rings is 1. The Morgan fingerprint density at radius 1 is 1.27 bits per heavy atom. The summed E-state index contributed by atoms with van der Waals surface area (Å²) < 4.78 is 43.8. The normalized spacial score (nSPS) is 11.3. The number of hydrogen-bond acceptors (Lipinski definition) is 3. The van der Waals surface area contributed by atoms with Crippen LogP contribution < -0.4 is 4.74 Å². The molecule has 4 nitrogen and oxygen atoms in total. The third-order valence-corrected chi connectivity index (χ3v) is 2.88. The van der Waals surface area contributed by atoms with E-state index in [1.54, 1.807) is 0 Å². The van der Waals surface area contributed by atoms with Gasteiger partial charge in [0.05, 0.1) is 11.3 Å². The molecule has 2 rings (SSSR count). The van der Waals surface area contributed by atoms with Gasteiger partial charge in [-0.25, -0.2) is 9.78 Å². The lowest BCUT2D eigenvalue weighted by atomic mass is 10.2. The number of aromatic carboxylic acids is 1. The van der Waals surface area contributed by atoms with Crippen LogP contribution >= 0.6 is 11.6 Å². The quantitative estimate of drug-likeness (QED) is 0.919. The number of carboxylic acid groups (broad SMARTS) is 1. The minimum Gasteiger partial charge on any atom is -0.487 e. The van der Waals surface area contributed by atoms with Gasteiger partial charge in [-0.1, -0.05) is 17.7 Å². The van der Waals surface area contributed by atoms with Gasteiger partial charge >= 0.3 is 12.1 Å². The Balaban J connectivity index is 2.22. The van der Waals surface area contributed by atoms with Crippen LogP contribution in [-0.2, 0) is 12.8 Å². The molecule has 0 radical (unpaired) electrons. The molecule has 0 unspecified atom stereocenters. The molecule has 1 heterocycles. The molecule has 116 valence electrons. The van der Waals surface area contributed by atoms with Gasteiger partial charge in [0, 0.05) is 5.02 Å². The molecule has 1 aromatic carbocycles. The third kappa shape index (κ3) is 3.88. The topological polar surface area (TPSA) is 59.4 Å². The van der Waals surface area contributed by atoms with Crippen LogP contribution in [0.4, 0.5) is 13.2 Å². The molecule has 8 heteroatoms. The van der Waals surface area contributed by atoms with Crippen LogP contribution in [0.5, 0.6) is 5.75 Å². The number of halogens is 4. The number of carbonyl (C=O) groups is 1. The second-order valence-electron chi connectivity index (χ2n) is 4.25. The van der Waals surface area contributed by atoms with Gasteiger partial charge in [0.2, 0.25) is 0 Å². The highest BCUT2D eigenvalue weighted by Crippen LogP contribution is 2.38. The zero-order valence-corrected chi connectivity index (χ0v) is 11.6. The molecule has 2 aromatic rings. The molecular formula is C14H9ClF3NO3. The van der Waals surface area contributed by atoms with Gasteiger partial charge in [0.1, 0.15) is 18.1 Å². The van der Waals surface area contributed by atoms with E-state index >= 15 is 0 Å². The molecule has 1 N–H and O–H groups in total. The second-order valence-corrected chi connectivity index (χ2v) is 4.68. The van der Waals surface area contributed by atoms with Gasteiger partial charge in [0.25, 0.3) is 0 Å². The first-order valence-corrected chi connectivity index (χ1v) is 6.34. The molecule has 1 aromatic heterocycles. The summed E-state index contributed by atoms with van der Waals surface area (Å²) in [5.41, 5.74) is -1.02. The molecule has 0 amide bonds. The first-order chi connectivity index (χ1) is 10.3. The van der Waals surface area contributed by atoms with Crippen LogP contribution in [-0.4, -0.2) is 16.1 Å². The van der Waals surface area contributed by atoms with E-state index in [0.717, 1.165) is 12.1 Å². The molecule has 0 aliphatic heterocycles. The van der Waals surface area contributed by atoms with Crippen molar-refractivity contribution in [2.24, 2.45) is 0 Å². The molecule has 0 bridgehead atoms. The Morgan fingerprint density at radius 2 is 2.00 bits per heavy atom. The van der Waals surface area contributed by atoms with Crippen LogP contribution in [0.2, 0.25) is 5.02 Å². The minimum atomic E-state index is -4.61. The van der Waals surface area contributed by atoms with Crippen LogP contribution in [0.3, 0.4) is 0 Å². The number of aromatic nitrogens is 1. The fraction of sp³-hybridized carbons (Fsp3) is 0.143. The maximum Gasteiger partial charge on any atom is 0.420 e. The maximum absolute atomic E-state index is 12.9. The fourth-order valence-corrected chi connectivity index (χ4v) is 1.85. The van der Waals surface area contributed by atoms with Crippen molar-refractivity contribution in [1.29, 1.82) is 0 Å². The number of ether oxygens (including phenoxy) is 1. The van der Waals surface area contributed by atoms with Gasteiger partial charge < -0.3 is 9.84 Å². The van der Waals surface area contributed by atoms with Crippen molar-refractivity contribution in [3.63, 3.8) is 0 Å². The van der Waals surface area contributed by atoms with Crippen LogP contribution in [0.1, 0.15) is 21.7 Å². The molecular weight excluding hydrogens is 323 g/mol. The first-order valence-electron chi connectivity index (χ1n) is 5.96. The van der Waals surface area contributed by atoms with Gasteiger partial charge in [-0.05, 0) is 30.3 Å². The summed E-state index contributed by atoms with van der Waals surface area (Å²) in [5.74, 6) is -1.64. The Hall–Kier alpha value is -2.28. The van der Waals surface area contributed by atoms with Crippen molar-refractivity contribution in [2.45, 2.75) is 12.8 Å². The zero-order chi connectivity index (χ0) is 16.3. The minimum absolute atomic E-state index is 0.0642. The van der Waals surface area contributed by atoms with E-state index in [4.69, 9.17) is 21.4 Å². The lowest BCUT2D eigenvalue weighted by Crippen LogP contribution is -2.10. The highest BCUT2D eigenvalue weighted by molar-refractivity contribution is 6.30. The summed E-state index contributed by atoms with van der Waals surface area (Å²) in [6, 6.07) is 7.30. The Labute approximate surface area is 128 Å². The Bertz CT molecular complexity index is 704. The van der Waals surface area contributed by atoms with E-state index in [2.05, 4.69) is 4.98 Å². The molecule has 0 saturated heterocycles. The van der Waals surface area contributed by atoms with Crippen molar-refractivity contribution >= 4 is 17.6 Å². The van der Waals surface area contributed by atoms with E-state index in [1.807, 2.05) is 0 Å². The highest BCUT2D eigenvalue weighted by Gasteiger charge is 2.34. The molecule has 0 aliphatic rings. The summed E-state index contributed by atoms with van der Waals surface area (Å²) in [4.78, 5) is 14.5. The van der Waals surface area contributed by atoms with E-state index in [9.17, 15) is 18.0 Å². The second kappa shape index (κ2) is 6.23. The lowest BCUT2D eigenvalue weighted by molar-refractivity contribution is -0.139. The maximum atomic E-state index is 12.9. The largest absolute Gasteiger partial charge is 0.487 e. The van der Waals surface area contributed by atoms with Crippen LogP contribution in [0, 0.1) is 0 Å². The molecule has 0 atom stereocenters. The van der Waals surface area contributed by atoms with E-state index in [1.165, 1.54) is 24.3 Å². The summed E-state index contributed by atoms with van der Waals surface area (Å²) in [6.07, 6.45) is -4.61. The lowest BCUT2D eigenvalue weighted by Gasteiger charge is -2.14. The number of hydrogen-bond donors (Lipinski definition) is 1. The van der Waals surface area contributed by atoms with Crippen molar-refractivity contribution < 1.29 is 27.8 Å². The fourth-order valence-electron chi connectivity index (χ4n) is 1.68. The molecule has 0 fully saturated rings. The van der Waals surface area contributed by atoms with Crippen molar-refractivity contribution in [1.82, 2.24) is 4.98 Å². The summed E-state index contributed by atoms with van der Waals surface area (Å²) in [6.45, 7) is -0.300. The van der Waals surface area contributed by atoms with E-state index in [0.29, 0.717) is 0 Å². The van der Waals surface area contributed by atoms with Gasteiger partial charge in [-0.3, -0.25) is 0 Å². The molecule has 0 aliphatic carbocycles. The summed E-state index contributed by atoms with van der Waals surface area (Å²) in [7, 11) is 0. The molecule has 0 saturated carbocycles. The van der Waals surface area contributed by atoms with Gasteiger partial charge in [-0.2, -0.15) is 13.2 Å². The monoisotopic (exact) mass is 331 g/mol. The predicted octanol–water partition coefficient (Wildman–Crippen LogP) is 4.03. The smallest absolute Gasteiger partial charge is 0.420 e. The van der Waals surface area contributed by atoms with Crippen molar-refractivity contribution in [3.05, 3.63) is 58.4 Å². The number of nitrogens with zero attached hydrogens (tertiary/aromatic N) is 1. The average Bonchev–Trinajstić information content (AvgIpc) is 2.45. The summed E-state index contributed by atoms with van der Waals surface area (Å²) in [5, 5.41) is 8.74. The SMILES string of the molecule is O=C(O)c1cccc(COc2ccc(Cl)cc2C(F)(F)F)n1. The van der Waals surface area contributed by atoms with Crippen LogP contribution in [0.15, 0.2) is 36.4 Å². The Kier molecular flexibility index (Phi) is 4.56. The van der Waals surface area contributed by atoms with Gasteiger partial charge in [0.15, 0.2) is 0 Å². The van der Waals surface area contributed by atoms with E-state index in [-0.39, 0.29) is 23.0 Å². The molecule has 0 spiro atoms. The van der Waals surface area contributed by atoms with Crippen LogP contribution in [0.25, 0.3) is 0 Å². The Morgan fingerprint density at radius 3 is 2.64 bits per heavy atom. The summed E-state index contributed by atoms with van der Waals surface area (Å²) >= 11 is 5.56. The number of carboxylic acids is 1. The average molecular weight is 332 g/mol.